The van der Waals surface area contributed by atoms with Crippen LogP contribution in [-0.4, -0.2) is 34.3 Å². The maximum absolute atomic E-state index is 10.6. The summed E-state index contributed by atoms with van der Waals surface area (Å²) in [4.78, 5) is 8.11. The molecule has 0 radical (unpaired) electrons. The van der Waals surface area contributed by atoms with E-state index in [1.165, 1.54) is 13.4 Å². The lowest BCUT2D eigenvalue weighted by Crippen LogP contribution is -2.40. The van der Waals surface area contributed by atoms with Gasteiger partial charge in [-0.15, -0.1) is 0 Å². The van der Waals surface area contributed by atoms with Gasteiger partial charge in [-0.2, -0.15) is 0 Å². The predicted octanol–water partition coefficient (Wildman–Crippen LogP) is 1.12. The minimum Gasteiger partial charge on any atom is -0.490 e. The van der Waals surface area contributed by atoms with Crippen LogP contribution in [0.2, 0.25) is 0 Å². The van der Waals surface area contributed by atoms with E-state index in [2.05, 4.69) is 27.6 Å². The lowest BCUT2D eigenvalue weighted by atomic mass is 9.79. The first-order valence-corrected chi connectivity index (χ1v) is 6.90. The van der Waals surface area contributed by atoms with Crippen LogP contribution in [0.15, 0.2) is 6.33 Å². The number of hydrazine groups is 1. The van der Waals surface area contributed by atoms with Crippen LogP contribution in [0.4, 0.5) is 11.6 Å². The number of nitrogens with two attached hydrogens (primary N) is 1. The van der Waals surface area contributed by atoms with E-state index in [9.17, 15) is 5.11 Å². The van der Waals surface area contributed by atoms with Crippen LogP contribution >= 0.6 is 0 Å². The minimum atomic E-state index is -0.682. The van der Waals surface area contributed by atoms with Gasteiger partial charge in [0.05, 0.1) is 12.7 Å². The molecular formula is C13H23N5O2. The lowest BCUT2D eigenvalue weighted by Gasteiger charge is -2.35. The Morgan fingerprint density at radius 2 is 2.05 bits per heavy atom. The highest BCUT2D eigenvalue weighted by Gasteiger charge is 2.32. The van der Waals surface area contributed by atoms with Gasteiger partial charge >= 0.3 is 0 Å². The molecule has 112 valence electrons. The lowest BCUT2D eigenvalue weighted by molar-refractivity contribution is 0.00491. The molecule has 0 aromatic carbocycles. The van der Waals surface area contributed by atoms with E-state index in [0.29, 0.717) is 29.8 Å². The Labute approximate surface area is 118 Å². The topological polar surface area (TPSA) is 105 Å². The van der Waals surface area contributed by atoms with E-state index in [0.717, 1.165) is 25.7 Å². The van der Waals surface area contributed by atoms with Crippen molar-refractivity contribution in [1.82, 2.24) is 9.97 Å². The van der Waals surface area contributed by atoms with Crippen molar-refractivity contribution in [3.8, 4) is 5.75 Å². The van der Waals surface area contributed by atoms with E-state index >= 15 is 0 Å². The minimum absolute atomic E-state index is 0.411. The number of anilines is 2. The molecule has 1 heterocycles. The number of ether oxygens (including phenoxy) is 1. The highest BCUT2D eigenvalue weighted by molar-refractivity contribution is 5.63. The summed E-state index contributed by atoms with van der Waals surface area (Å²) in [6.07, 6.45) is 5.10. The molecule has 0 aliphatic heterocycles. The quantitative estimate of drug-likeness (QED) is 0.473. The number of nitrogens with one attached hydrogen (secondary N) is 2. The van der Waals surface area contributed by atoms with Crippen LogP contribution in [0.25, 0.3) is 0 Å². The largest absolute Gasteiger partial charge is 0.490 e. The van der Waals surface area contributed by atoms with Gasteiger partial charge < -0.3 is 20.6 Å². The smallest absolute Gasteiger partial charge is 0.205 e. The SMILES string of the molecule is COc1c(NN)ncnc1NCC1(O)CCC(C)CC1. The summed E-state index contributed by atoms with van der Waals surface area (Å²) < 4.78 is 5.25. The first-order chi connectivity index (χ1) is 9.58. The number of nitrogens with zero attached hydrogens (tertiary/aromatic N) is 2. The summed E-state index contributed by atoms with van der Waals surface area (Å²) in [6.45, 7) is 2.66. The van der Waals surface area contributed by atoms with E-state index in [4.69, 9.17) is 10.6 Å². The third-order valence-electron chi connectivity index (χ3n) is 3.93. The summed E-state index contributed by atoms with van der Waals surface area (Å²) in [5, 5.41) is 13.7. The fourth-order valence-corrected chi connectivity index (χ4v) is 2.52. The van der Waals surface area contributed by atoms with Crippen LogP contribution in [0.3, 0.4) is 0 Å². The molecule has 0 spiro atoms. The average Bonchev–Trinajstić information content (AvgIpc) is 2.48. The van der Waals surface area contributed by atoms with Crippen molar-refractivity contribution in [2.45, 2.75) is 38.2 Å². The van der Waals surface area contributed by atoms with Gasteiger partial charge in [0.2, 0.25) is 5.75 Å². The highest BCUT2D eigenvalue weighted by Crippen LogP contribution is 2.33. The van der Waals surface area contributed by atoms with Crippen LogP contribution in [0, 0.1) is 5.92 Å². The third-order valence-corrected chi connectivity index (χ3v) is 3.93. The molecule has 0 amide bonds. The standard InChI is InChI=1S/C13H23N5O2/c1-9-3-5-13(19,6-4-9)7-15-11-10(20-2)12(18-14)17-8-16-11/h8-9,19H,3-7,14H2,1-2H3,(H2,15,16,17,18). The second-order valence-electron chi connectivity index (χ2n) is 5.51. The maximum atomic E-state index is 10.6. The van der Waals surface area contributed by atoms with Crippen molar-refractivity contribution in [2.75, 3.05) is 24.4 Å². The highest BCUT2D eigenvalue weighted by atomic mass is 16.5. The van der Waals surface area contributed by atoms with Crippen molar-refractivity contribution in [3.05, 3.63) is 6.33 Å². The van der Waals surface area contributed by atoms with E-state index in [1.54, 1.807) is 0 Å². The van der Waals surface area contributed by atoms with Crippen molar-refractivity contribution < 1.29 is 9.84 Å². The number of methoxy groups -OCH3 is 1. The number of aliphatic hydroxyl groups is 1. The monoisotopic (exact) mass is 281 g/mol. The molecule has 0 atom stereocenters. The van der Waals surface area contributed by atoms with E-state index in [-0.39, 0.29) is 0 Å². The molecular weight excluding hydrogens is 258 g/mol. The summed E-state index contributed by atoms with van der Waals surface area (Å²) >= 11 is 0. The second kappa shape index (κ2) is 6.23. The van der Waals surface area contributed by atoms with Gasteiger partial charge in [-0.25, -0.2) is 15.8 Å². The summed E-state index contributed by atoms with van der Waals surface area (Å²) in [5.74, 6) is 7.46. The molecule has 1 aromatic heterocycles. The Bertz CT molecular complexity index is 446. The number of rotatable bonds is 5. The van der Waals surface area contributed by atoms with Crippen LogP contribution in [0.5, 0.6) is 5.75 Å². The van der Waals surface area contributed by atoms with Crippen LogP contribution in [-0.2, 0) is 0 Å². The van der Waals surface area contributed by atoms with Gasteiger partial charge in [-0.05, 0) is 31.6 Å². The zero-order valence-corrected chi connectivity index (χ0v) is 12.0. The molecule has 7 nitrogen and oxygen atoms in total. The fraction of sp³-hybridized carbons (Fsp3) is 0.692. The number of aromatic nitrogens is 2. The van der Waals surface area contributed by atoms with Crippen molar-refractivity contribution in [2.24, 2.45) is 11.8 Å². The molecule has 1 aromatic rings. The molecule has 1 aliphatic carbocycles. The van der Waals surface area contributed by atoms with Gasteiger partial charge in [-0.3, -0.25) is 0 Å². The Morgan fingerprint density at radius 3 is 2.65 bits per heavy atom. The molecule has 1 fully saturated rings. The predicted molar refractivity (Wildman–Crippen MR) is 77.5 cm³/mol. The summed E-state index contributed by atoms with van der Waals surface area (Å²) in [6, 6.07) is 0. The van der Waals surface area contributed by atoms with Crippen LogP contribution in [0.1, 0.15) is 32.6 Å². The van der Waals surface area contributed by atoms with Crippen molar-refractivity contribution in [3.63, 3.8) is 0 Å². The average molecular weight is 281 g/mol. The number of hydrogen-bond donors (Lipinski definition) is 4. The first kappa shape index (κ1) is 14.8. The van der Waals surface area contributed by atoms with E-state index in [1.807, 2.05) is 0 Å². The molecule has 0 saturated heterocycles. The Kier molecular flexibility index (Phi) is 4.61. The molecule has 0 bridgehead atoms. The van der Waals surface area contributed by atoms with Crippen LogP contribution < -0.4 is 21.3 Å². The molecule has 2 rings (SSSR count). The van der Waals surface area contributed by atoms with Gasteiger partial charge in [0.25, 0.3) is 0 Å². The third kappa shape index (κ3) is 3.29. The van der Waals surface area contributed by atoms with E-state index < -0.39 is 5.60 Å². The first-order valence-electron chi connectivity index (χ1n) is 6.90. The Morgan fingerprint density at radius 1 is 1.40 bits per heavy atom. The zero-order valence-electron chi connectivity index (χ0n) is 12.0. The molecule has 20 heavy (non-hydrogen) atoms. The molecule has 5 N–H and O–H groups in total. The fourth-order valence-electron chi connectivity index (χ4n) is 2.52. The Hall–Kier alpha value is -1.60. The van der Waals surface area contributed by atoms with Crippen molar-refractivity contribution in [1.29, 1.82) is 0 Å². The zero-order chi connectivity index (χ0) is 14.6. The molecule has 0 unspecified atom stereocenters. The Balaban J connectivity index is 2.03. The number of nitrogen functional groups attached to an aromatic ring is 1. The normalized spacial score (nSPS) is 26.1. The molecule has 1 aliphatic rings. The summed E-state index contributed by atoms with van der Waals surface area (Å²) in [7, 11) is 1.53. The van der Waals surface area contributed by atoms with Crippen molar-refractivity contribution >= 4 is 11.6 Å². The van der Waals surface area contributed by atoms with Gasteiger partial charge in [0, 0.05) is 6.54 Å². The second-order valence-corrected chi connectivity index (χ2v) is 5.51. The van der Waals surface area contributed by atoms with Gasteiger partial charge in [-0.1, -0.05) is 6.92 Å². The maximum Gasteiger partial charge on any atom is 0.205 e. The molecule has 7 heteroatoms. The number of hydrogen-bond acceptors (Lipinski definition) is 7. The molecule has 1 saturated carbocycles. The van der Waals surface area contributed by atoms with Gasteiger partial charge in [0.1, 0.15) is 6.33 Å². The summed E-state index contributed by atoms with van der Waals surface area (Å²) in [5.41, 5.74) is 1.78. The van der Waals surface area contributed by atoms with Gasteiger partial charge in [0.15, 0.2) is 11.6 Å².